The van der Waals surface area contributed by atoms with Gasteiger partial charge in [0.2, 0.25) is 0 Å². The van der Waals surface area contributed by atoms with E-state index in [-0.39, 0.29) is 17.5 Å². The van der Waals surface area contributed by atoms with E-state index in [1.807, 2.05) is 42.2 Å². The number of hydrogen-bond acceptors (Lipinski definition) is 4. The Morgan fingerprint density at radius 3 is 2.57 bits per heavy atom. The standard InChI is InChI=1S/C24H24N2O3S/c1-16-10-12-17(13-11-16)14-21-22(27)26(20-8-3-2-4-9-20)24(30-21)25-19-7-5-6-18(15-19)23(28)29/h5-7,10-15,20H,2-4,8-9H2,1H3,(H,28,29)/b21-14-,25-24?. The van der Waals surface area contributed by atoms with Crippen LogP contribution in [0.4, 0.5) is 5.69 Å². The minimum absolute atomic E-state index is 0.0133. The van der Waals surface area contributed by atoms with Gasteiger partial charge in [0, 0.05) is 6.04 Å². The largest absolute Gasteiger partial charge is 0.478 e. The van der Waals surface area contributed by atoms with Gasteiger partial charge in [0.25, 0.3) is 5.91 Å². The molecule has 2 fully saturated rings. The fourth-order valence-electron chi connectivity index (χ4n) is 3.86. The third kappa shape index (κ3) is 4.49. The molecule has 4 rings (SSSR count). The summed E-state index contributed by atoms with van der Waals surface area (Å²) in [6.07, 6.45) is 7.27. The van der Waals surface area contributed by atoms with E-state index < -0.39 is 5.97 Å². The fraction of sp³-hybridized carbons (Fsp3) is 0.292. The van der Waals surface area contributed by atoms with Crippen molar-refractivity contribution in [3.05, 3.63) is 70.1 Å². The number of aryl methyl sites for hydroxylation is 1. The maximum absolute atomic E-state index is 13.3. The van der Waals surface area contributed by atoms with E-state index in [0.29, 0.717) is 15.8 Å². The van der Waals surface area contributed by atoms with Crippen molar-refractivity contribution in [2.24, 2.45) is 4.99 Å². The number of carbonyl (C=O) groups is 2. The van der Waals surface area contributed by atoms with Gasteiger partial charge in [0.05, 0.1) is 16.2 Å². The van der Waals surface area contributed by atoms with Gasteiger partial charge in [0.1, 0.15) is 0 Å². The number of amides is 1. The molecule has 1 heterocycles. The van der Waals surface area contributed by atoms with Gasteiger partial charge >= 0.3 is 5.97 Å². The van der Waals surface area contributed by atoms with Crippen molar-refractivity contribution in [2.75, 3.05) is 0 Å². The molecule has 1 saturated carbocycles. The van der Waals surface area contributed by atoms with Gasteiger partial charge in [-0.05, 0) is 61.4 Å². The molecule has 0 bridgehead atoms. The van der Waals surface area contributed by atoms with Crippen LogP contribution >= 0.6 is 11.8 Å². The van der Waals surface area contributed by atoms with E-state index in [4.69, 9.17) is 4.99 Å². The zero-order chi connectivity index (χ0) is 21.1. The highest BCUT2D eigenvalue weighted by Crippen LogP contribution is 2.38. The lowest BCUT2D eigenvalue weighted by Crippen LogP contribution is -2.40. The van der Waals surface area contributed by atoms with Crippen LogP contribution in [0.3, 0.4) is 0 Å². The second-order valence-corrected chi connectivity index (χ2v) is 8.75. The lowest BCUT2D eigenvalue weighted by Gasteiger charge is -2.30. The van der Waals surface area contributed by atoms with Crippen molar-refractivity contribution in [3.63, 3.8) is 0 Å². The Kier molecular flexibility index (Phi) is 6.04. The molecular formula is C24H24N2O3S. The molecule has 2 aliphatic rings. The molecule has 1 aliphatic heterocycles. The molecule has 1 amide bonds. The monoisotopic (exact) mass is 420 g/mol. The fourth-order valence-corrected chi connectivity index (χ4v) is 4.92. The molecule has 0 unspecified atom stereocenters. The normalized spacial score (nSPS) is 20.3. The maximum atomic E-state index is 13.3. The van der Waals surface area contributed by atoms with Crippen LogP contribution in [0, 0.1) is 6.92 Å². The highest BCUT2D eigenvalue weighted by molar-refractivity contribution is 8.18. The van der Waals surface area contributed by atoms with Gasteiger partial charge in [0.15, 0.2) is 5.17 Å². The number of nitrogens with zero attached hydrogens (tertiary/aromatic N) is 2. The molecule has 2 aromatic rings. The minimum atomic E-state index is -0.990. The van der Waals surface area contributed by atoms with E-state index in [1.165, 1.54) is 23.7 Å². The van der Waals surface area contributed by atoms with Crippen molar-refractivity contribution in [1.29, 1.82) is 0 Å². The first-order chi connectivity index (χ1) is 14.5. The molecule has 1 saturated heterocycles. The Bertz CT molecular complexity index is 1020. The van der Waals surface area contributed by atoms with Crippen LogP contribution in [0.1, 0.15) is 53.6 Å². The van der Waals surface area contributed by atoms with E-state index >= 15 is 0 Å². The quantitative estimate of drug-likeness (QED) is 0.651. The first kappa shape index (κ1) is 20.4. The Morgan fingerprint density at radius 1 is 1.13 bits per heavy atom. The summed E-state index contributed by atoms with van der Waals surface area (Å²) in [6, 6.07) is 14.7. The maximum Gasteiger partial charge on any atom is 0.335 e. The van der Waals surface area contributed by atoms with Crippen LogP contribution < -0.4 is 0 Å². The molecule has 0 aromatic heterocycles. The second-order valence-electron chi connectivity index (χ2n) is 7.74. The summed E-state index contributed by atoms with van der Waals surface area (Å²) in [5.41, 5.74) is 2.88. The van der Waals surface area contributed by atoms with Gasteiger partial charge in [-0.1, -0.05) is 55.2 Å². The number of carboxylic acid groups (broad SMARTS) is 1. The predicted molar refractivity (Wildman–Crippen MR) is 121 cm³/mol. The predicted octanol–water partition coefficient (Wildman–Crippen LogP) is 5.63. The summed E-state index contributed by atoms with van der Waals surface area (Å²) in [6.45, 7) is 2.03. The molecule has 0 radical (unpaired) electrons. The molecule has 1 aliphatic carbocycles. The summed E-state index contributed by atoms with van der Waals surface area (Å²) in [7, 11) is 0. The summed E-state index contributed by atoms with van der Waals surface area (Å²) in [5.74, 6) is -1.00. The smallest absolute Gasteiger partial charge is 0.335 e. The number of hydrogen-bond donors (Lipinski definition) is 1. The lowest BCUT2D eigenvalue weighted by molar-refractivity contribution is -0.124. The average molecular weight is 421 g/mol. The summed E-state index contributed by atoms with van der Waals surface area (Å²) >= 11 is 1.37. The van der Waals surface area contributed by atoms with Crippen molar-refractivity contribution in [2.45, 2.75) is 45.1 Å². The van der Waals surface area contributed by atoms with Crippen molar-refractivity contribution < 1.29 is 14.7 Å². The van der Waals surface area contributed by atoms with Crippen molar-refractivity contribution >= 4 is 40.6 Å². The minimum Gasteiger partial charge on any atom is -0.478 e. The third-order valence-electron chi connectivity index (χ3n) is 5.47. The summed E-state index contributed by atoms with van der Waals surface area (Å²) < 4.78 is 0. The van der Waals surface area contributed by atoms with E-state index in [0.717, 1.165) is 31.2 Å². The number of rotatable bonds is 4. The number of carbonyl (C=O) groups excluding carboxylic acids is 1. The first-order valence-electron chi connectivity index (χ1n) is 10.2. The second kappa shape index (κ2) is 8.88. The van der Waals surface area contributed by atoms with Gasteiger partial charge in [-0.2, -0.15) is 0 Å². The van der Waals surface area contributed by atoms with Crippen molar-refractivity contribution in [3.8, 4) is 0 Å². The molecule has 2 aromatic carbocycles. The third-order valence-corrected chi connectivity index (χ3v) is 6.45. The lowest BCUT2D eigenvalue weighted by atomic mass is 9.94. The van der Waals surface area contributed by atoms with E-state index in [2.05, 4.69) is 0 Å². The Morgan fingerprint density at radius 2 is 1.87 bits per heavy atom. The summed E-state index contributed by atoms with van der Waals surface area (Å²) in [5, 5.41) is 9.90. The molecule has 30 heavy (non-hydrogen) atoms. The molecule has 5 nitrogen and oxygen atoms in total. The Balaban J connectivity index is 1.70. The van der Waals surface area contributed by atoms with Gasteiger partial charge in [-0.15, -0.1) is 0 Å². The Labute approximate surface area is 180 Å². The zero-order valence-corrected chi connectivity index (χ0v) is 17.7. The number of carboxylic acids is 1. The van der Waals surface area contributed by atoms with E-state index in [1.54, 1.807) is 24.3 Å². The highest BCUT2D eigenvalue weighted by Gasteiger charge is 2.38. The number of amidine groups is 1. The first-order valence-corrected chi connectivity index (χ1v) is 11.0. The van der Waals surface area contributed by atoms with E-state index in [9.17, 15) is 14.7 Å². The van der Waals surface area contributed by atoms with Gasteiger partial charge in [-0.25, -0.2) is 9.79 Å². The van der Waals surface area contributed by atoms with Gasteiger partial charge in [-0.3, -0.25) is 9.69 Å². The van der Waals surface area contributed by atoms with Crippen LogP contribution in [0.25, 0.3) is 6.08 Å². The Hall–Kier alpha value is -2.86. The molecule has 6 heteroatoms. The van der Waals surface area contributed by atoms with Crippen LogP contribution in [-0.4, -0.2) is 33.1 Å². The molecular weight excluding hydrogens is 396 g/mol. The number of aromatic carboxylic acids is 1. The van der Waals surface area contributed by atoms with Crippen LogP contribution in [0.2, 0.25) is 0 Å². The average Bonchev–Trinajstić information content (AvgIpc) is 3.05. The molecule has 0 spiro atoms. The van der Waals surface area contributed by atoms with Crippen LogP contribution in [0.15, 0.2) is 58.4 Å². The molecule has 154 valence electrons. The molecule has 0 atom stereocenters. The highest BCUT2D eigenvalue weighted by atomic mass is 32.2. The van der Waals surface area contributed by atoms with Crippen molar-refractivity contribution in [1.82, 2.24) is 4.90 Å². The number of benzene rings is 2. The topological polar surface area (TPSA) is 70.0 Å². The zero-order valence-electron chi connectivity index (χ0n) is 16.9. The number of thioether (sulfide) groups is 1. The van der Waals surface area contributed by atoms with Gasteiger partial charge < -0.3 is 5.11 Å². The summed E-state index contributed by atoms with van der Waals surface area (Å²) in [4.78, 5) is 31.8. The number of aliphatic imine (C=N–C) groups is 1. The van der Waals surface area contributed by atoms with Crippen LogP contribution in [-0.2, 0) is 4.79 Å². The van der Waals surface area contributed by atoms with Crippen LogP contribution in [0.5, 0.6) is 0 Å². The SMILES string of the molecule is Cc1ccc(/C=C2\SC(=Nc3cccc(C(=O)O)c3)N(C3CCCCC3)C2=O)cc1. The molecule has 1 N–H and O–H groups in total.